The Morgan fingerprint density at radius 2 is 2.28 bits per heavy atom. The van der Waals surface area contributed by atoms with Crippen LogP contribution in [0.5, 0.6) is 0 Å². The highest BCUT2D eigenvalue weighted by molar-refractivity contribution is 7.98. The molecule has 134 valence electrons. The molecule has 0 spiro atoms. The molecule has 1 fully saturated rings. The molecule has 1 aromatic carbocycles. The Kier molecular flexibility index (Phi) is 4.71. The Morgan fingerprint density at radius 1 is 1.36 bits per heavy atom. The second-order valence-electron chi connectivity index (χ2n) is 6.91. The molecule has 2 unspecified atom stereocenters. The third kappa shape index (κ3) is 3.41. The number of nitrogens with zero attached hydrogens (tertiary/aromatic N) is 2. The van der Waals surface area contributed by atoms with Crippen molar-refractivity contribution >= 4 is 26.9 Å². The molecule has 0 amide bonds. The van der Waals surface area contributed by atoms with Gasteiger partial charge >= 0.3 is 0 Å². The van der Waals surface area contributed by atoms with Crippen LogP contribution in [0.2, 0.25) is 0 Å². The minimum atomic E-state index is -2.90. The molecule has 1 aromatic heterocycles. The second kappa shape index (κ2) is 6.97. The summed E-state index contributed by atoms with van der Waals surface area (Å²) in [4.78, 5) is 9.27. The molecule has 2 aliphatic rings. The third-order valence-electron chi connectivity index (χ3n) is 5.18. The van der Waals surface area contributed by atoms with E-state index in [-0.39, 0.29) is 5.75 Å². The van der Waals surface area contributed by atoms with Gasteiger partial charge in [-0.2, -0.15) is 4.55 Å². The number of aromatic nitrogens is 2. The Morgan fingerprint density at radius 3 is 3.12 bits per heavy atom. The fraction of sp³-hybridized carbons (Fsp3) is 0.556. The predicted molar refractivity (Wildman–Crippen MR) is 98.3 cm³/mol. The number of nitrogens with one attached hydrogen (secondary N) is 1. The van der Waals surface area contributed by atoms with E-state index in [4.69, 9.17) is 4.74 Å². The van der Waals surface area contributed by atoms with E-state index in [2.05, 4.69) is 15.3 Å². The fourth-order valence-electron chi connectivity index (χ4n) is 3.87. The van der Waals surface area contributed by atoms with Gasteiger partial charge in [-0.3, -0.25) is 0 Å². The third-order valence-corrected chi connectivity index (χ3v) is 7.00. The number of anilines is 1. The van der Waals surface area contributed by atoms with Crippen molar-refractivity contribution in [2.45, 2.75) is 37.0 Å². The zero-order chi connectivity index (χ0) is 17.3. The first-order valence-corrected chi connectivity index (χ1v) is 10.7. The van der Waals surface area contributed by atoms with Crippen LogP contribution in [0.4, 0.5) is 5.82 Å². The van der Waals surface area contributed by atoms with Crippen LogP contribution in [0.25, 0.3) is 10.9 Å². The lowest BCUT2D eigenvalue weighted by Crippen LogP contribution is -2.18. The molecule has 2 aliphatic heterocycles. The molecular formula is C18H24N3O3S+. The molecule has 2 N–H and O–H groups in total. The van der Waals surface area contributed by atoms with Gasteiger partial charge in [0.05, 0.1) is 10.9 Å². The van der Waals surface area contributed by atoms with Crippen LogP contribution >= 0.6 is 0 Å². The molecule has 2 aromatic rings. The van der Waals surface area contributed by atoms with Crippen LogP contribution in [0.15, 0.2) is 23.4 Å². The van der Waals surface area contributed by atoms with Crippen molar-refractivity contribution in [1.29, 1.82) is 0 Å². The Balaban J connectivity index is 1.50. The molecule has 7 heteroatoms. The summed E-state index contributed by atoms with van der Waals surface area (Å²) in [5.74, 6) is 1.73. The number of aryl methyl sites for hydroxylation is 1. The SMILES string of the molecule is O=[S+]1(O)CCc2c1ccc1ncnc(NCCCC3CCCOC3)c21. The van der Waals surface area contributed by atoms with Gasteiger partial charge in [0.15, 0.2) is 10.6 Å². The first kappa shape index (κ1) is 16.9. The van der Waals surface area contributed by atoms with Gasteiger partial charge in [0, 0.05) is 31.7 Å². The van der Waals surface area contributed by atoms with Gasteiger partial charge in [-0.1, -0.05) is 4.21 Å². The topological polar surface area (TPSA) is 84.3 Å². The maximum atomic E-state index is 12.3. The molecule has 0 bridgehead atoms. The van der Waals surface area contributed by atoms with E-state index < -0.39 is 10.2 Å². The molecular weight excluding hydrogens is 338 g/mol. The van der Waals surface area contributed by atoms with Crippen LogP contribution in [-0.4, -0.2) is 40.0 Å². The minimum absolute atomic E-state index is 0.289. The number of hydrogen-bond donors (Lipinski definition) is 2. The Bertz CT molecular complexity index is 821. The average molecular weight is 362 g/mol. The van der Waals surface area contributed by atoms with Crippen molar-refractivity contribution in [3.63, 3.8) is 0 Å². The Labute approximate surface area is 148 Å². The van der Waals surface area contributed by atoms with E-state index in [0.717, 1.165) is 54.9 Å². The fourth-order valence-corrected chi connectivity index (χ4v) is 5.44. The molecule has 25 heavy (non-hydrogen) atoms. The highest BCUT2D eigenvalue weighted by Crippen LogP contribution is 2.37. The van der Waals surface area contributed by atoms with E-state index in [9.17, 15) is 8.76 Å². The van der Waals surface area contributed by atoms with Crippen molar-refractivity contribution in [2.75, 3.05) is 30.8 Å². The van der Waals surface area contributed by atoms with Crippen molar-refractivity contribution < 1.29 is 13.5 Å². The van der Waals surface area contributed by atoms with Gasteiger partial charge in [0.2, 0.25) is 10.2 Å². The molecule has 3 heterocycles. The van der Waals surface area contributed by atoms with Crippen molar-refractivity contribution in [3.05, 3.63) is 24.0 Å². The number of hydrogen-bond acceptors (Lipinski definition) is 5. The van der Waals surface area contributed by atoms with Gasteiger partial charge in [-0.15, -0.1) is 0 Å². The normalized spacial score (nSPS) is 25.9. The molecule has 0 saturated carbocycles. The maximum Gasteiger partial charge on any atom is 0.248 e. The highest BCUT2D eigenvalue weighted by atomic mass is 32.3. The predicted octanol–water partition coefficient (Wildman–Crippen LogP) is 3.14. The largest absolute Gasteiger partial charge is 0.381 e. The first-order valence-electron chi connectivity index (χ1n) is 8.98. The summed E-state index contributed by atoms with van der Waals surface area (Å²) in [5, 5.41) is 4.32. The van der Waals surface area contributed by atoms with E-state index >= 15 is 0 Å². The lowest BCUT2D eigenvalue weighted by atomic mass is 9.97. The van der Waals surface area contributed by atoms with Gasteiger partial charge in [-0.05, 0) is 43.7 Å². The zero-order valence-electron chi connectivity index (χ0n) is 14.2. The summed E-state index contributed by atoms with van der Waals surface area (Å²) < 4.78 is 27.9. The molecule has 2 atom stereocenters. The van der Waals surface area contributed by atoms with E-state index in [0.29, 0.717) is 17.2 Å². The smallest absolute Gasteiger partial charge is 0.248 e. The van der Waals surface area contributed by atoms with Crippen LogP contribution in [-0.2, 0) is 25.6 Å². The number of benzene rings is 1. The van der Waals surface area contributed by atoms with Gasteiger partial charge in [0.1, 0.15) is 12.1 Å². The molecule has 0 radical (unpaired) electrons. The molecule has 4 rings (SSSR count). The zero-order valence-corrected chi connectivity index (χ0v) is 15.1. The highest BCUT2D eigenvalue weighted by Gasteiger charge is 2.40. The molecule has 6 nitrogen and oxygen atoms in total. The summed E-state index contributed by atoms with van der Waals surface area (Å²) in [6.07, 6.45) is 6.79. The average Bonchev–Trinajstić information content (AvgIpc) is 2.95. The second-order valence-corrected chi connectivity index (χ2v) is 9.03. The monoisotopic (exact) mass is 362 g/mol. The first-order chi connectivity index (χ1) is 12.1. The van der Waals surface area contributed by atoms with Crippen LogP contribution in [0.1, 0.15) is 31.2 Å². The quantitative estimate of drug-likeness (QED) is 0.628. The summed E-state index contributed by atoms with van der Waals surface area (Å²) in [7, 11) is -2.90. The summed E-state index contributed by atoms with van der Waals surface area (Å²) >= 11 is 0. The van der Waals surface area contributed by atoms with E-state index in [1.165, 1.54) is 12.8 Å². The van der Waals surface area contributed by atoms with Gasteiger partial charge in [0.25, 0.3) is 0 Å². The lowest BCUT2D eigenvalue weighted by molar-refractivity contribution is 0.0513. The number of fused-ring (bicyclic) bond motifs is 3. The van der Waals surface area contributed by atoms with Crippen molar-refractivity contribution in [2.24, 2.45) is 5.92 Å². The number of ether oxygens (including phenoxy) is 1. The van der Waals surface area contributed by atoms with Crippen molar-refractivity contribution in [1.82, 2.24) is 9.97 Å². The summed E-state index contributed by atoms with van der Waals surface area (Å²) in [6.45, 7) is 2.62. The van der Waals surface area contributed by atoms with Crippen LogP contribution in [0.3, 0.4) is 0 Å². The standard InChI is InChI=1S/C18H23N3O3S/c22-25(23)10-7-14-16(25)6-5-15-17(14)18(21-12-20-15)19-8-1-3-13-4-2-9-24-11-13/h5-6,12-13H,1-4,7-11H2,(H-,19,20,21,22,23)/p+1. The molecule has 1 saturated heterocycles. The van der Waals surface area contributed by atoms with Gasteiger partial charge in [-0.25, -0.2) is 9.97 Å². The minimum Gasteiger partial charge on any atom is -0.381 e. The number of rotatable bonds is 5. The molecule has 0 aliphatic carbocycles. The van der Waals surface area contributed by atoms with Crippen molar-refractivity contribution in [3.8, 4) is 0 Å². The summed E-state index contributed by atoms with van der Waals surface area (Å²) in [5.41, 5.74) is 1.75. The van der Waals surface area contributed by atoms with Crippen LogP contribution in [0, 0.1) is 5.92 Å². The summed E-state index contributed by atoms with van der Waals surface area (Å²) in [6, 6.07) is 3.56. The lowest BCUT2D eigenvalue weighted by Gasteiger charge is -2.21. The van der Waals surface area contributed by atoms with E-state index in [1.54, 1.807) is 12.4 Å². The van der Waals surface area contributed by atoms with E-state index in [1.807, 2.05) is 6.07 Å². The van der Waals surface area contributed by atoms with Crippen LogP contribution < -0.4 is 5.32 Å². The maximum absolute atomic E-state index is 12.3. The Hall–Kier alpha value is -1.57. The van der Waals surface area contributed by atoms with Gasteiger partial charge < -0.3 is 10.1 Å².